The first kappa shape index (κ1) is 23.4. The topological polar surface area (TPSA) is 120 Å². The molecule has 4 N–H and O–H groups in total. The van der Waals surface area contributed by atoms with Gasteiger partial charge < -0.3 is 25.2 Å². The number of rotatable bonds is 4. The number of nitrogens with one attached hydrogen (secondary N) is 2. The van der Waals surface area contributed by atoms with E-state index in [9.17, 15) is 19.8 Å². The average molecular weight is 444 g/mol. The van der Waals surface area contributed by atoms with Crippen molar-refractivity contribution in [3.63, 3.8) is 0 Å². The van der Waals surface area contributed by atoms with Crippen LogP contribution in [0.25, 0.3) is 6.08 Å². The molecule has 1 saturated heterocycles. The minimum absolute atomic E-state index is 0.0616. The molecule has 0 aliphatic carbocycles. The van der Waals surface area contributed by atoms with E-state index in [1.807, 2.05) is 18.2 Å². The fourth-order valence-corrected chi connectivity index (χ4v) is 3.37. The van der Waals surface area contributed by atoms with Gasteiger partial charge in [0.05, 0.1) is 12.3 Å². The van der Waals surface area contributed by atoms with E-state index in [1.54, 1.807) is 17.1 Å². The maximum atomic E-state index is 12.6. The van der Waals surface area contributed by atoms with Gasteiger partial charge in [-0.05, 0) is 43.0 Å². The lowest BCUT2D eigenvalue weighted by Gasteiger charge is -2.27. The van der Waals surface area contributed by atoms with Crippen molar-refractivity contribution in [1.82, 2.24) is 15.7 Å². The second kappa shape index (κ2) is 11.9. The molecule has 0 bridgehead atoms. The highest BCUT2D eigenvalue weighted by Gasteiger charge is 2.19. The maximum absolute atomic E-state index is 12.6. The Morgan fingerprint density at radius 2 is 1.88 bits per heavy atom. The minimum Gasteiger partial charge on any atom is -0.508 e. The fourth-order valence-electron chi connectivity index (χ4n) is 3.37. The van der Waals surface area contributed by atoms with E-state index in [-0.39, 0.29) is 41.7 Å². The van der Waals surface area contributed by atoms with Gasteiger partial charge >= 0.3 is 5.97 Å². The molecule has 0 unspecified atom stereocenters. The Bertz CT molecular complexity index is 903. The van der Waals surface area contributed by atoms with Gasteiger partial charge in [0.25, 0.3) is 5.91 Å². The van der Waals surface area contributed by atoms with Crippen LogP contribution in [0.3, 0.4) is 0 Å². The molecular formula is C23H29N3O6. The number of nitrogens with zero attached hydrogens (tertiary/aromatic N) is 1. The van der Waals surface area contributed by atoms with Crippen LogP contribution in [0, 0.1) is 0 Å². The lowest BCUT2D eigenvalue weighted by Crippen LogP contribution is -2.48. The Morgan fingerprint density at radius 1 is 1.12 bits per heavy atom. The number of allylic oxidation sites excluding steroid dienone is 3. The highest BCUT2D eigenvalue weighted by molar-refractivity contribution is 5.97. The number of carbonyl (C=O) groups excluding carboxylic acids is 2. The van der Waals surface area contributed by atoms with Crippen molar-refractivity contribution >= 4 is 18.0 Å². The summed E-state index contributed by atoms with van der Waals surface area (Å²) in [5.41, 5.74) is 3.38. The van der Waals surface area contributed by atoms with Crippen LogP contribution in [0.1, 0.15) is 35.2 Å². The summed E-state index contributed by atoms with van der Waals surface area (Å²) in [6.45, 7) is 2.78. The normalized spacial score (nSPS) is 20.3. The SMILES string of the molecule is O=C1OCCC=CCC/C=C/C(NOCC(=O)N2CCNCC2)=C/c2cc(O)cc(O)c21. The van der Waals surface area contributed by atoms with Gasteiger partial charge in [-0.1, -0.05) is 18.2 Å². The predicted octanol–water partition coefficient (Wildman–Crippen LogP) is 1.84. The Labute approximate surface area is 187 Å². The third-order valence-electron chi connectivity index (χ3n) is 4.99. The Morgan fingerprint density at radius 3 is 2.69 bits per heavy atom. The average Bonchev–Trinajstić information content (AvgIpc) is 2.77. The van der Waals surface area contributed by atoms with Gasteiger partial charge in [0, 0.05) is 32.2 Å². The predicted molar refractivity (Wildman–Crippen MR) is 119 cm³/mol. The van der Waals surface area contributed by atoms with Crippen LogP contribution in [0.4, 0.5) is 0 Å². The first-order chi connectivity index (χ1) is 15.5. The molecule has 2 aliphatic heterocycles. The molecule has 2 heterocycles. The van der Waals surface area contributed by atoms with Gasteiger partial charge in [-0.25, -0.2) is 4.79 Å². The van der Waals surface area contributed by atoms with Gasteiger partial charge in [-0.3, -0.25) is 15.1 Å². The zero-order valence-corrected chi connectivity index (χ0v) is 17.9. The van der Waals surface area contributed by atoms with Crippen LogP contribution >= 0.6 is 0 Å². The number of phenols is 2. The minimum atomic E-state index is -0.697. The monoisotopic (exact) mass is 443 g/mol. The molecule has 2 aliphatic rings. The summed E-state index contributed by atoms with van der Waals surface area (Å²) >= 11 is 0. The molecule has 9 heteroatoms. The van der Waals surface area contributed by atoms with Gasteiger partial charge in [0.2, 0.25) is 0 Å². The first-order valence-electron chi connectivity index (χ1n) is 10.7. The molecule has 0 saturated carbocycles. The van der Waals surface area contributed by atoms with E-state index in [1.165, 1.54) is 6.07 Å². The van der Waals surface area contributed by atoms with Crippen LogP contribution in [0.15, 0.2) is 42.1 Å². The summed E-state index contributed by atoms with van der Waals surface area (Å²) in [7, 11) is 0. The van der Waals surface area contributed by atoms with Gasteiger partial charge in [-0.2, -0.15) is 0 Å². The largest absolute Gasteiger partial charge is 0.508 e. The quantitative estimate of drug-likeness (QED) is 0.316. The lowest BCUT2D eigenvalue weighted by molar-refractivity contribution is -0.138. The van der Waals surface area contributed by atoms with E-state index < -0.39 is 5.97 Å². The van der Waals surface area contributed by atoms with Crippen molar-refractivity contribution in [2.24, 2.45) is 0 Å². The second-order valence-corrected chi connectivity index (χ2v) is 7.43. The standard InChI is InChI=1S/C23H29N3O6/c27-19-14-17-13-18(25-32-16-21(29)26-10-8-24-9-11-26)7-5-3-1-2-4-6-12-31-23(30)22(17)20(28)15-19/h2,4-5,7,13-15,24-25,27-28H,1,3,6,8-12,16H2/b4-2?,7-5+,18-13-. The number of hydroxylamine groups is 1. The number of piperazine rings is 1. The number of carbonyl (C=O) groups is 2. The molecule has 3 rings (SSSR count). The van der Waals surface area contributed by atoms with Gasteiger partial charge in [-0.15, -0.1) is 0 Å². The van der Waals surface area contributed by atoms with Crippen LogP contribution in [0.5, 0.6) is 11.5 Å². The van der Waals surface area contributed by atoms with Crippen molar-refractivity contribution in [2.75, 3.05) is 39.4 Å². The number of amides is 1. The number of cyclic esters (lactones) is 1. The zero-order chi connectivity index (χ0) is 22.8. The number of phenolic OH excluding ortho intramolecular Hbond substituents is 2. The molecule has 1 aromatic carbocycles. The van der Waals surface area contributed by atoms with Crippen LogP contribution < -0.4 is 10.8 Å². The fraction of sp³-hybridized carbons (Fsp3) is 0.391. The highest BCUT2D eigenvalue weighted by Crippen LogP contribution is 2.29. The molecule has 1 fully saturated rings. The molecular weight excluding hydrogens is 414 g/mol. The summed E-state index contributed by atoms with van der Waals surface area (Å²) in [6.07, 6.45) is 11.3. The van der Waals surface area contributed by atoms with E-state index >= 15 is 0 Å². The number of benzene rings is 1. The first-order valence-corrected chi connectivity index (χ1v) is 10.7. The molecule has 0 spiro atoms. The smallest absolute Gasteiger partial charge is 0.342 e. The summed E-state index contributed by atoms with van der Waals surface area (Å²) in [5.74, 6) is -1.42. The third kappa shape index (κ3) is 6.86. The second-order valence-electron chi connectivity index (χ2n) is 7.43. The summed E-state index contributed by atoms with van der Waals surface area (Å²) in [6, 6.07) is 2.44. The van der Waals surface area contributed by atoms with Crippen LogP contribution in [-0.2, 0) is 14.4 Å². The lowest BCUT2D eigenvalue weighted by atomic mass is 10.0. The maximum Gasteiger partial charge on any atom is 0.342 e. The molecule has 9 nitrogen and oxygen atoms in total. The number of aromatic hydroxyl groups is 2. The number of fused-ring (bicyclic) bond motifs is 1. The van der Waals surface area contributed by atoms with E-state index in [0.29, 0.717) is 25.2 Å². The molecule has 172 valence electrons. The summed E-state index contributed by atoms with van der Waals surface area (Å²) < 4.78 is 5.26. The number of esters is 1. The molecule has 0 radical (unpaired) electrons. The van der Waals surface area contributed by atoms with Crippen molar-refractivity contribution < 1.29 is 29.4 Å². The third-order valence-corrected chi connectivity index (χ3v) is 4.99. The Kier molecular flexibility index (Phi) is 8.70. The van der Waals surface area contributed by atoms with Crippen molar-refractivity contribution in [1.29, 1.82) is 0 Å². The van der Waals surface area contributed by atoms with Crippen molar-refractivity contribution in [3.8, 4) is 11.5 Å². The van der Waals surface area contributed by atoms with E-state index in [0.717, 1.165) is 32.0 Å². The zero-order valence-electron chi connectivity index (χ0n) is 17.9. The van der Waals surface area contributed by atoms with Gasteiger partial charge in [0.15, 0.2) is 6.61 Å². The van der Waals surface area contributed by atoms with E-state index in [4.69, 9.17) is 9.57 Å². The Hall–Kier alpha value is -3.30. The molecule has 0 aromatic heterocycles. The molecule has 0 atom stereocenters. The van der Waals surface area contributed by atoms with Crippen LogP contribution in [-0.4, -0.2) is 66.4 Å². The number of ether oxygens (including phenoxy) is 1. The van der Waals surface area contributed by atoms with Crippen molar-refractivity contribution in [2.45, 2.75) is 19.3 Å². The van der Waals surface area contributed by atoms with E-state index in [2.05, 4.69) is 10.8 Å². The molecule has 1 amide bonds. The number of hydrogen-bond donors (Lipinski definition) is 4. The molecule has 32 heavy (non-hydrogen) atoms. The van der Waals surface area contributed by atoms with Gasteiger partial charge in [0.1, 0.15) is 17.1 Å². The molecule has 1 aromatic rings. The van der Waals surface area contributed by atoms with Crippen LogP contribution in [0.2, 0.25) is 0 Å². The number of hydrogen-bond acceptors (Lipinski definition) is 8. The Balaban J connectivity index is 1.80. The summed E-state index contributed by atoms with van der Waals surface area (Å²) in [4.78, 5) is 32.0. The highest BCUT2D eigenvalue weighted by atomic mass is 16.6. The summed E-state index contributed by atoms with van der Waals surface area (Å²) in [5, 5.41) is 23.4. The van der Waals surface area contributed by atoms with Crippen molar-refractivity contribution in [3.05, 3.63) is 53.3 Å².